The largest absolute Gasteiger partial charge is 0.457 e. The van der Waals surface area contributed by atoms with Crippen LogP contribution in [0.4, 0.5) is 0 Å². The second-order valence-electron chi connectivity index (χ2n) is 9.68. The molecule has 2 heterocycles. The molecule has 7 atom stereocenters. The molecule has 41 heavy (non-hydrogen) atoms. The van der Waals surface area contributed by atoms with Gasteiger partial charge < -0.3 is 23.6 Å². The van der Waals surface area contributed by atoms with Gasteiger partial charge in [-0.1, -0.05) is 48.5 Å². The van der Waals surface area contributed by atoms with Crippen molar-refractivity contribution in [1.82, 2.24) is 14.6 Å². The predicted molar refractivity (Wildman–Crippen MR) is 148 cm³/mol. The molecule has 4 rings (SSSR count). The minimum Gasteiger partial charge on any atom is -0.457 e. The van der Waals surface area contributed by atoms with Crippen LogP contribution < -0.4 is 20.9 Å². The smallest absolute Gasteiger partial charge is 0.330 e. The molecule has 0 aliphatic carbocycles. The molecule has 1 aliphatic heterocycles. The molecular weight excluding hydrogens is 551 g/mol. The third kappa shape index (κ3) is 7.08. The minimum atomic E-state index is -1.98. The van der Waals surface area contributed by atoms with Crippen LogP contribution in [0.15, 0.2) is 82.5 Å². The normalized spacial score (nSPS) is 24.1. The summed E-state index contributed by atoms with van der Waals surface area (Å²) in [5.41, 5.74) is -2.09. The Hall–Kier alpha value is -3.85. The molecule has 1 fully saturated rings. The van der Waals surface area contributed by atoms with Gasteiger partial charge in [-0.15, -0.1) is 0 Å². The average molecular weight is 583 g/mol. The van der Waals surface area contributed by atoms with Crippen LogP contribution in [0.1, 0.15) is 38.7 Å². The lowest BCUT2D eigenvalue weighted by Gasteiger charge is -2.26. The predicted octanol–water partition coefficient (Wildman–Crippen LogP) is 2.93. The molecule has 0 radical (unpaired) electrons. The Kier molecular flexibility index (Phi) is 9.70. The van der Waals surface area contributed by atoms with Crippen molar-refractivity contribution in [3.63, 3.8) is 0 Å². The number of aliphatic hydroxyl groups excluding tert-OH is 1. The quantitative estimate of drug-likeness (QED) is 0.226. The molecule has 216 valence electrons. The van der Waals surface area contributed by atoms with Gasteiger partial charge in [0.25, 0.3) is 5.56 Å². The van der Waals surface area contributed by atoms with Crippen molar-refractivity contribution in [2.75, 3.05) is 6.61 Å². The van der Waals surface area contributed by atoms with Gasteiger partial charge in [-0.3, -0.25) is 19.1 Å². The third-order valence-corrected chi connectivity index (χ3v) is 7.99. The molecule has 13 heteroatoms. The van der Waals surface area contributed by atoms with E-state index in [0.717, 1.165) is 16.2 Å². The van der Waals surface area contributed by atoms with Crippen LogP contribution in [0, 0.1) is 16.7 Å². The summed E-state index contributed by atoms with van der Waals surface area (Å²) in [6.07, 6.45) is -2.89. The Balaban J connectivity index is 1.47. The number of aromatic nitrogens is 2. The highest BCUT2D eigenvalue weighted by Crippen LogP contribution is 2.46. The number of carbonyl (C=O) groups excluding carboxylic acids is 1. The average Bonchev–Trinajstić information content (AvgIpc) is 3.22. The number of nitrogens with one attached hydrogen (secondary N) is 2. The van der Waals surface area contributed by atoms with E-state index < -0.39 is 61.7 Å². The number of hydrogen-bond donors (Lipinski definition) is 3. The highest BCUT2D eigenvalue weighted by Gasteiger charge is 2.55. The number of esters is 1. The zero-order valence-electron chi connectivity index (χ0n) is 22.7. The lowest BCUT2D eigenvalue weighted by molar-refractivity contribution is -0.150. The molecule has 12 nitrogen and oxygen atoms in total. The summed E-state index contributed by atoms with van der Waals surface area (Å²) in [6, 6.07) is 20.4. The van der Waals surface area contributed by atoms with E-state index in [0.29, 0.717) is 5.75 Å². The van der Waals surface area contributed by atoms with Crippen LogP contribution in [0.5, 0.6) is 5.75 Å². The van der Waals surface area contributed by atoms with Gasteiger partial charge in [0.1, 0.15) is 35.5 Å². The molecule has 0 saturated carbocycles. The first-order valence-electron chi connectivity index (χ1n) is 12.9. The standard InChI is InChI=1S/C28H31N4O8P/c1-18(25(35)38-19(2)20-10-6-4-7-11-20)31-41(40-21-12-8-5-9-13-21)37-16-22-24(34)28(3,17-29)26(39-22)32-15-14-23(33)30-27(32)36/h4-15,18-19,22,24,26,31,34H,16H2,1-3H3,(H,30,33,36)/t18-,19-,22+,24+,26+,28+,41?/m0/s1. The second-order valence-corrected chi connectivity index (χ2v) is 10.9. The minimum absolute atomic E-state index is 0.249. The SMILES string of the molecule is C[C@H](NP(OC[C@H]1O[C@@H](n2ccc(=O)[nH]c2=O)[C@](C)(C#N)[C@@H]1O)Oc1ccccc1)C(=O)O[C@@H](C)c1ccccc1. The number of nitrogens with zero attached hydrogens (tertiary/aromatic N) is 2. The molecule has 0 spiro atoms. The number of aromatic amines is 1. The first-order valence-corrected chi connectivity index (χ1v) is 14.0. The number of nitriles is 1. The van der Waals surface area contributed by atoms with E-state index in [9.17, 15) is 24.8 Å². The topological polar surface area (TPSA) is 165 Å². The van der Waals surface area contributed by atoms with Crippen molar-refractivity contribution in [3.05, 3.63) is 99.3 Å². The number of ether oxygens (including phenoxy) is 2. The van der Waals surface area contributed by atoms with Crippen molar-refractivity contribution in [1.29, 1.82) is 5.26 Å². The van der Waals surface area contributed by atoms with Crippen molar-refractivity contribution in [2.45, 2.75) is 51.4 Å². The van der Waals surface area contributed by atoms with E-state index in [-0.39, 0.29) is 6.61 Å². The molecule has 1 aliphatic rings. The van der Waals surface area contributed by atoms with Gasteiger partial charge >= 0.3 is 20.2 Å². The molecular formula is C28H31N4O8P. The highest BCUT2D eigenvalue weighted by atomic mass is 31.2. The van der Waals surface area contributed by atoms with Crippen LogP contribution >= 0.6 is 8.53 Å². The van der Waals surface area contributed by atoms with Gasteiger partial charge in [0.05, 0.1) is 12.7 Å². The fourth-order valence-corrected chi connectivity index (χ4v) is 5.42. The maximum absolute atomic E-state index is 12.9. The number of rotatable bonds is 11. The van der Waals surface area contributed by atoms with E-state index in [1.54, 1.807) is 38.1 Å². The Bertz CT molecular complexity index is 1480. The summed E-state index contributed by atoms with van der Waals surface area (Å²) in [6.45, 7) is 4.59. The molecule has 3 N–H and O–H groups in total. The van der Waals surface area contributed by atoms with Crippen molar-refractivity contribution < 1.29 is 28.4 Å². The number of H-pyrrole nitrogens is 1. The number of aliphatic hydroxyl groups is 1. The summed E-state index contributed by atoms with van der Waals surface area (Å²) in [4.78, 5) is 38.9. The van der Waals surface area contributed by atoms with Crippen LogP contribution in [0.25, 0.3) is 0 Å². The number of para-hydroxylation sites is 1. The van der Waals surface area contributed by atoms with E-state index in [1.165, 1.54) is 13.1 Å². The summed E-state index contributed by atoms with van der Waals surface area (Å²) < 4.78 is 24.5. The van der Waals surface area contributed by atoms with Gasteiger partial charge in [-0.25, -0.2) is 9.88 Å². The van der Waals surface area contributed by atoms with Gasteiger partial charge in [0.2, 0.25) is 0 Å². The Morgan fingerprint density at radius 3 is 2.46 bits per heavy atom. The highest BCUT2D eigenvalue weighted by molar-refractivity contribution is 7.45. The van der Waals surface area contributed by atoms with Crippen LogP contribution in [-0.2, 0) is 18.8 Å². The molecule has 3 aromatic rings. The number of hydrogen-bond acceptors (Lipinski definition) is 10. The lowest BCUT2D eigenvalue weighted by atomic mass is 9.84. The van der Waals surface area contributed by atoms with Gasteiger partial charge in [-0.05, 0) is 38.5 Å². The Morgan fingerprint density at radius 2 is 1.83 bits per heavy atom. The van der Waals surface area contributed by atoms with Crippen LogP contribution in [0.2, 0.25) is 0 Å². The van der Waals surface area contributed by atoms with E-state index >= 15 is 0 Å². The van der Waals surface area contributed by atoms with E-state index in [4.69, 9.17) is 18.5 Å². The monoisotopic (exact) mass is 582 g/mol. The maximum atomic E-state index is 12.9. The molecule has 1 aromatic heterocycles. The molecule has 2 aromatic carbocycles. The second kappa shape index (κ2) is 13.2. The molecule has 0 amide bonds. The van der Waals surface area contributed by atoms with E-state index in [1.807, 2.05) is 42.5 Å². The first kappa shape index (κ1) is 30.1. The summed E-state index contributed by atoms with van der Waals surface area (Å²) in [5, 5.41) is 23.9. The van der Waals surface area contributed by atoms with Crippen molar-refractivity contribution in [2.24, 2.45) is 5.41 Å². The zero-order chi connectivity index (χ0) is 29.6. The fraction of sp³-hybridized carbons (Fsp3) is 0.357. The van der Waals surface area contributed by atoms with Crippen molar-refractivity contribution >= 4 is 14.5 Å². The maximum Gasteiger partial charge on any atom is 0.330 e. The first-order chi connectivity index (χ1) is 19.6. The molecule has 1 saturated heterocycles. The molecule has 0 bridgehead atoms. The molecule has 1 unspecified atom stereocenters. The van der Waals surface area contributed by atoms with Crippen LogP contribution in [0.3, 0.4) is 0 Å². The van der Waals surface area contributed by atoms with Gasteiger partial charge in [-0.2, -0.15) is 5.26 Å². The summed E-state index contributed by atoms with van der Waals surface area (Å²) >= 11 is 0. The Labute approximate surface area is 237 Å². The van der Waals surface area contributed by atoms with Gasteiger partial charge in [0, 0.05) is 12.3 Å². The summed E-state index contributed by atoms with van der Waals surface area (Å²) in [7, 11) is -1.98. The fourth-order valence-electron chi connectivity index (χ4n) is 4.22. The van der Waals surface area contributed by atoms with E-state index in [2.05, 4.69) is 10.1 Å². The third-order valence-electron chi connectivity index (χ3n) is 6.63. The number of carbonyl (C=O) groups is 1. The Morgan fingerprint density at radius 1 is 1.17 bits per heavy atom. The summed E-state index contributed by atoms with van der Waals surface area (Å²) in [5.74, 6) is -0.0578. The number of benzene rings is 2. The lowest BCUT2D eigenvalue weighted by Crippen LogP contribution is -2.41. The van der Waals surface area contributed by atoms with Gasteiger partial charge in [0.15, 0.2) is 6.23 Å². The van der Waals surface area contributed by atoms with Crippen LogP contribution in [-0.4, -0.2) is 45.5 Å². The van der Waals surface area contributed by atoms with Crippen molar-refractivity contribution in [3.8, 4) is 11.8 Å². The zero-order valence-corrected chi connectivity index (χ0v) is 23.6.